The summed E-state index contributed by atoms with van der Waals surface area (Å²) in [5.41, 5.74) is 7.06. The van der Waals surface area contributed by atoms with Crippen LogP contribution in [0.3, 0.4) is 0 Å². The van der Waals surface area contributed by atoms with Crippen LogP contribution in [0.2, 0.25) is 5.02 Å². The highest BCUT2D eigenvalue weighted by atomic mass is 35.5. The summed E-state index contributed by atoms with van der Waals surface area (Å²) in [6.45, 7) is 0. The quantitative estimate of drug-likeness (QED) is 0.519. The van der Waals surface area contributed by atoms with Gasteiger partial charge in [0.1, 0.15) is 0 Å². The minimum absolute atomic E-state index is 0.129. The molecule has 0 amide bonds. The van der Waals surface area contributed by atoms with Crippen LogP contribution in [-0.2, 0) is 6.42 Å². The van der Waals surface area contributed by atoms with E-state index in [4.69, 9.17) is 22.7 Å². The molecule has 2 aromatic rings. The Bertz CT molecular complexity index is 489. The van der Waals surface area contributed by atoms with Crippen molar-refractivity contribution in [2.45, 2.75) is 6.42 Å². The van der Waals surface area contributed by atoms with E-state index in [0.29, 0.717) is 11.4 Å². The zero-order valence-corrected chi connectivity index (χ0v) is 8.10. The Hall–Kier alpha value is -1.55. The molecule has 1 heterocycles. The Labute approximate surface area is 85.6 Å². The summed E-state index contributed by atoms with van der Waals surface area (Å²) in [4.78, 5) is 0. The summed E-state index contributed by atoms with van der Waals surface area (Å²) in [7, 11) is 0. The molecule has 0 atom stereocenters. The molecule has 4 N–H and O–H groups in total. The Morgan fingerprint density at radius 2 is 2.36 bits per heavy atom. The van der Waals surface area contributed by atoms with Crippen molar-refractivity contribution in [3.05, 3.63) is 28.9 Å². The normalized spacial score (nSPS) is 10.6. The second-order valence-electron chi connectivity index (χ2n) is 3.11. The number of halogens is 1. The first-order valence-electron chi connectivity index (χ1n) is 4.11. The summed E-state index contributed by atoms with van der Waals surface area (Å²) < 4.78 is 0. The van der Waals surface area contributed by atoms with Gasteiger partial charge in [-0.05, 0) is 17.7 Å². The standard InChI is InChI=1S/C9H9ClN4/c10-7-2-5(3-8(11)12)1-6-4-13-14-9(6)7/h1-2,4H,3H2,(H3,11,12)(H,13,14). The fourth-order valence-electron chi connectivity index (χ4n) is 1.39. The average molecular weight is 209 g/mol. The van der Waals surface area contributed by atoms with Gasteiger partial charge in [-0.3, -0.25) is 10.5 Å². The molecular formula is C9H9ClN4. The third-order valence-corrected chi connectivity index (χ3v) is 2.25. The van der Waals surface area contributed by atoms with Crippen LogP contribution in [0, 0.1) is 5.41 Å². The number of rotatable bonds is 2. The molecule has 1 aromatic heterocycles. The van der Waals surface area contributed by atoms with Gasteiger partial charge in [-0.25, -0.2) is 0 Å². The molecule has 0 saturated carbocycles. The molecule has 72 valence electrons. The summed E-state index contributed by atoms with van der Waals surface area (Å²) in [6.07, 6.45) is 2.12. The zero-order valence-electron chi connectivity index (χ0n) is 7.34. The van der Waals surface area contributed by atoms with Crippen molar-refractivity contribution >= 4 is 28.3 Å². The van der Waals surface area contributed by atoms with Crippen LogP contribution in [0.5, 0.6) is 0 Å². The van der Waals surface area contributed by atoms with Gasteiger partial charge in [0.15, 0.2) is 0 Å². The van der Waals surface area contributed by atoms with Gasteiger partial charge in [0.05, 0.1) is 22.6 Å². The van der Waals surface area contributed by atoms with Crippen LogP contribution < -0.4 is 5.73 Å². The molecule has 0 unspecified atom stereocenters. The second-order valence-corrected chi connectivity index (χ2v) is 3.52. The number of hydrogen-bond acceptors (Lipinski definition) is 2. The van der Waals surface area contributed by atoms with Gasteiger partial charge >= 0.3 is 0 Å². The van der Waals surface area contributed by atoms with Crippen LogP contribution in [0.25, 0.3) is 10.9 Å². The van der Waals surface area contributed by atoms with Gasteiger partial charge in [0, 0.05) is 11.8 Å². The molecule has 4 nitrogen and oxygen atoms in total. The van der Waals surface area contributed by atoms with Crippen LogP contribution in [0.1, 0.15) is 5.56 Å². The lowest BCUT2D eigenvalue weighted by molar-refractivity contribution is 1.12. The van der Waals surface area contributed by atoms with Crippen molar-refractivity contribution in [3.8, 4) is 0 Å². The first-order chi connectivity index (χ1) is 6.66. The molecule has 2 rings (SSSR count). The van der Waals surface area contributed by atoms with Crippen LogP contribution in [0.15, 0.2) is 18.3 Å². The van der Waals surface area contributed by atoms with Crippen LogP contribution >= 0.6 is 11.6 Å². The van der Waals surface area contributed by atoms with Crippen molar-refractivity contribution in [1.29, 1.82) is 5.41 Å². The average Bonchev–Trinajstić information content (AvgIpc) is 2.50. The zero-order chi connectivity index (χ0) is 10.1. The maximum Gasteiger partial charge on any atom is 0.0950 e. The summed E-state index contributed by atoms with van der Waals surface area (Å²) in [5.74, 6) is 0.129. The van der Waals surface area contributed by atoms with Gasteiger partial charge in [0.25, 0.3) is 0 Å². The number of nitrogens with one attached hydrogen (secondary N) is 2. The number of fused-ring (bicyclic) bond motifs is 1. The molecule has 0 aliphatic heterocycles. The van der Waals surface area contributed by atoms with Crippen LogP contribution in [0.4, 0.5) is 0 Å². The Morgan fingerprint density at radius 3 is 3.07 bits per heavy atom. The van der Waals surface area contributed by atoms with Crippen molar-refractivity contribution in [2.75, 3.05) is 0 Å². The first-order valence-corrected chi connectivity index (χ1v) is 4.49. The monoisotopic (exact) mass is 208 g/mol. The van der Waals surface area contributed by atoms with E-state index in [1.165, 1.54) is 0 Å². The number of hydrogen-bond donors (Lipinski definition) is 3. The van der Waals surface area contributed by atoms with Crippen molar-refractivity contribution in [1.82, 2.24) is 10.2 Å². The molecule has 0 aliphatic carbocycles. The van der Waals surface area contributed by atoms with E-state index in [2.05, 4.69) is 10.2 Å². The summed E-state index contributed by atoms with van der Waals surface area (Å²) in [5, 5.41) is 15.4. The highest BCUT2D eigenvalue weighted by Crippen LogP contribution is 2.23. The molecular weight excluding hydrogens is 200 g/mol. The Morgan fingerprint density at radius 1 is 1.57 bits per heavy atom. The van der Waals surface area contributed by atoms with Crippen molar-refractivity contribution < 1.29 is 0 Å². The van der Waals surface area contributed by atoms with Gasteiger partial charge in [0.2, 0.25) is 0 Å². The van der Waals surface area contributed by atoms with E-state index in [1.807, 2.05) is 6.07 Å². The lowest BCUT2D eigenvalue weighted by Gasteiger charge is -2.01. The van der Waals surface area contributed by atoms with Gasteiger partial charge in [-0.1, -0.05) is 11.6 Å². The lowest BCUT2D eigenvalue weighted by atomic mass is 10.1. The number of nitrogens with two attached hydrogens (primary N) is 1. The molecule has 5 heteroatoms. The Balaban J connectivity index is 2.53. The fraction of sp³-hybridized carbons (Fsp3) is 0.111. The molecule has 0 fully saturated rings. The van der Waals surface area contributed by atoms with E-state index in [9.17, 15) is 0 Å². The molecule has 0 aliphatic rings. The molecule has 0 radical (unpaired) electrons. The molecule has 1 aromatic carbocycles. The van der Waals surface area contributed by atoms with Gasteiger partial charge in [-0.2, -0.15) is 5.10 Å². The second kappa shape index (κ2) is 3.31. The Kier molecular flexibility index (Phi) is 2.13. The maximum absolute atomic E-state index is 7.18. The lowest BCUT2D eigenvalue weighted by Crippen LogP contribution is -2.12. The van der Waals surface area contributed by atoms with E-state index < -0.39 is 0 Å². The van der Waals surface area contributed by atoms with E-state index in [0.717, 1.165) is 16.5 Å². The number of H-pyrrole nitrogens is 1. The summed E-state index contributed by atoms with van der Waals surface area (Å²) in [6, 6.07) is 3.72. The number of aromatic nitrogens is 2. The SMILES string of the molecule is N=C(N)Cc1cc(Cl)c2[nH]ncc2c1. The summed E-state index contributed by atoms with van der Waals surface area (Å²) >= 11 is 6.00. The minimum Gasteiger partial charge on any atom is -0.387 e. The first kappa shape index (κ1) is 9.02. The smallest absolute Gasteiger partial charge is 0.0950 e. The van der Waals surface area contributed by atoms with Gasteiger partial charge in [-0.15, -0.1) is 0 Å². The van der Waals surface area contributed by atoms with E-state index >= 15 is 0 Å². The predicted octanol–water partition coefficient (Wildman–Crippen LogP) is 1.69. The number of nitrogens with zero attached hydrogens (tertiary/aromatic N) is 1. The van der Waals surface area contributed by atoms with E-state index in [-0.39, 0.29) is 5.84 Å². The predicted molar refractivity (Wildman–Crippen MR) is 56.7 cm³/mol. The minimum atomic E-state index is 0.129. The maximum atomic E-state index is 7.18. The third kappa shape index (κ3) is 1.56. The molecule has 0 saturated heterocycles. The highest BCUT2D eigenvalue weighted by molar-refractivity contribution is 6.35. The third-order valence-electron chi connectivity index (χ3n) is 1.96. The van der Waals surface area contributed by atoms with Crippen molar-refractivity contribution in [2.24, 2.45) is 5.73 Å². The van der Waals surface area contributed by atoms with Crippen molar-refractivity contribution in [3.63, 3.8) is 0 Å². The largest absolute Gasteiger partial charge is 0.387 e. The van der Waals surface area contributed by atoms with Gasteiger partial charge < -0.3 is 5.73 Å². The highest BCUT2D eigenvalue weighted by Gasteiger charge is 2.04. The topological polar surface area (TPSA) is 78.5 Å². The number of aromatic amines is 1. The molecule has 0 spiro atoms. The van der Waals surface area contributed by atoms with Crippen LogP contribution in [-0.4, -0.2) is 16.0 Å². The number of benzene rings is 1. The fourth-order valence-corrected chi connectivity index (χ4v) is 1.69. The molecule has 0 bridgehead atoms. The van der Waals surface area contributed by atoms with E-state index in [1.54, 1.807) is 12.3 Å². The number of amidine groups is 1. The molecule has 14 heavy (non-hydrogen) atoms.